The molecule has 0 aromatic carbocycles. The number of aromatic nitrogens is 1. The molecular formula is C16H19N3O2. The number of rotatable bonds is 4. The van der Waals surface area contributed by atoms with Crippen molar-refractivity contribution >= 4 is 5.91 Å². The van der Waals surface area contributed by atoms with Gasteiger partial charge in [-0.3, -0.25) is 14.7 Å². The third-order valence-corrected chi connectivity index (χ3v) is 3.74. The van der Waals surface area contributed by atoms with Crippen LogP contribution in [-0.2, 0) is 6.54 Å². The van der Waals surface area contributed by atoms with Crippen LogP contribution in [0.1, 0.15) is 28.9 Å². The maximum atomic E-state index is 12.0. The molecular weight excluding hydrogens is 266 g/mol. The SMILES string of the molecule is O=C(NC1CCCN(Cc2ccccn2)C1)c1ccoc1. The van der Waals surface area contributed by atoms with Gasteiger partial charge < -0.3 is 9.73 Å². The second-order valence-electron chi connectivity index (χ2n) is 5.38. The molecule has 5 nitrogen and oxygen atoms in total. The van der Waals surface area contributed by atoms with E-state index in [1.165, 1.54) is 12.5 Å². The molecule has 2 aromatic rings. The van der Waals surface area contributed by atoms with Crippen molar-refractivity contribution < 1.29 is 9.21 Å². The molecule has 0 radical (unpaired) electrons. The van der Waals surface area contributed by atoms with Crippen LogP contribution in [-0.4, -0.2) is 34.9 Å². The Labute approximate surface area is 124 Å². The minimum absolute atomic E-state index is 0.0616. The summed E-state index contributed by atoms with van der Waals surface area (Å²) in [6.45, 7) is 2.74. The van der Waals surface area contributed by atoms with Crippen molar-refractivity contribution in [2.75, 3.05) is 13.1 Å². The Kier molecular flexibility index (Phi) is 4.31. The summed E-state index contributed by atoms with van der Waals surface area (Å²) in [5.41, 5.74) is 1.65. The van der Waals surface area contributed by atoms with E-state index in [1.807, 2.05) is 24.4 Å². The van der Waals surface area contributed by atoms with Crippen LogP contribution in [0.15, 0.2) is 47.4 Å². The van der Waals surface area contributed by atoms with Crippen molar-refractivity contribution in [1.29, 1.82) is 0 Å². The van der Waals surface area contributed by atoms with Crippen molar-refractivity contribution in [2.24, 2.45) is 0 Å². The monoisotopic (exact) mass is 285 g/mol. The first kappa shape index (κ1) is 13.8. The third kappa shape index (κ3) is 3.70. The van der Waals surface area contributed by atoms with Gasteiger partial charge in [0.15, 0.2) is 0 Å². The highest BCUT2D eigenvalue weighted by atomic mass is 16.3. The first-order valence-corrected chi connectivity index (χ1v) is 7.26. The smallest absolute Gasteiger partial charge is 0.254 e. The van der Waals surface area contributed by atoms with E-state index in [0.29, 0.717) is 5.56 Å². The Morgan fingerprint density at radius 1 is 1.43 bits per heavy atom. The Hall–Kier alpha value is -2.14. The summed E-state index contributed by atoms with van der Waals surface area (Å²) >= 11 is 0. The largest absolute Gasteiger partial charge is 0.472 e. The number of carbonyl (C=O) groups excluding carboxylic acids is 1. The van der Waals surface area contributed by atoms with Gasteiger partial charge in [-0.1, -0.05) is 6.07 Å². The van der Waals surface area contributed by atoms with E-state index >= 15 is 0 Å². The first-order valence-electron chi connectivity index (χ1n) is 7.26. The van der Waals surface area contributed by atoms with Gasteiger partial charge in [-0.15, -0.1) is 0 Å². The molecule has 3 rings (SSSR count). The Balaban J connectivity index is 1.55. The maximum Gasteiger partial charge on any atom is 0.254 e. The number of pyridine rings is 1. The summed E-state index contributed by atoms with van der Waals surface area (Å²) in [7, 11) is 0. The van der Waals surface area contributed by atoms with E-state index < -0.39 is 0 Å². The maximum absolute atomic E-state index is 12.0. The van der Waals surface area contributed by atoms with Crippen LogP contribution in [0.3, 0.4) is 0 Å². The molecule has 5 heteroatoms. The molecule has 3 heterocycles. The fourth-order valence-corrected chi connectivity index (χ4v) is 2.70. The van der Waals surface area contributed by atoms with Crippen molar-refractivity contribution in [3.63, 3.8) is 0 Å². The van der Waals surface area contributed by atoms with Crippen LogP contribution in [0.5, 0.6) is 0 Å². The number of carbonyl (C=O) groups is 1. The van der Waals surface area contributed by atoms with Gasteiger partial charge in [-0.2, -0.15) is 0 Å². The zero-order chi connectivity index (χ0) is 14.5. The predicted octanol–water partition coefficient (Wildman–Crippen LogP) is 2.07. The fourth-order valence-electron chi connectivity index (χ4n) is 2.70. The summed E-state index contributed by atoms with van der Waals surface area (Å²) in [6, 6.07) is 7.83. The van der Waals surface area contributed by atoms with Gasteiger partial charge in [0, 0.05) is 25.3 Å². The Bertz CT molecular complexity index is 568. The Morgan fingerprint density at radius 2 is 2.38 bits per heavy atom. The lowest BCUT2D eigenvalue weighted by molar-refractivity contribution is 0.0899. The van der Waals surface area contributed by atoms with Crippen LogP contribution in [0.2, 0.25) is 0 Å². The van der Waals surface area contributed by atoms with Crippen LogP contribution in [0.25, 0.3) is 0 Å². The van der Waals surface area contributed by atoms with Crippen LogP contribution in [0, 0.1) is 0 Å². The number of hydrogen-bond acceptors (Lipinski definition) is 4. The van der Waals surface area contributed by atoms with E-state index in [0.717, 1.165) is 38.2 Å². The minimum atomic E-state index is -0.0616. The van der Waals surface area contributed by atoms with Gasteiger partial charge >= 0.3 is 0 Å². The van der Waals surface area contributed by atoms with Gasteiger partial charge in [-0.25, -0.2) is 0 Å². The van der Waals surface area contributed by atoms with Crippen molar-refractivity contribution in [3.8, 4) is 0 Å². The Morgan fingerprint density at radius 3 is 3.14 bits per heavy atom. The minimum Gasteiger partial charge on any atom is -0.472 e. The molecule has 2 aromatic heterocycles. The molecule has 1 N–H and O–H groups in total. The molecule has 0 saturated carbocycles. The van der Waals surface area contributed by atoms with Gasteiger partial charge in [0.1, 0.15) is 6.26 Å². The lowest BCUT2D eigenvalue weighted by Crippen LogP contribution is -2.47. The van der Waals surface area contributed by atoms with Gasteiger partial charge in [0.05, 0.1) is 17.5 Å². The molecule has 0 bridgehead atoms. The fraction of sp³-hybridized carbons (Fsp3) is 0.375. The summed E-state index contributed by atoms with van der Waals surface area (Å²) in [5.74, 6) is -0.0616. The summed E-state index contributed by atoms with van der Waals surface area (Å²) < 4.78 is 4.95. The third-order valence-electron chi connectivity index (χ3n) is 3.74. The van der Waals surface area contributed by atoms with Crippen molar-refractivity contribution in [3.05, 3.63) is 54.2 Å². The molecule has 1 fully saturated rings. The zero-order valence-electron chi connectivity index (χ0n) is 11.9. The molecule has 1 aliphatic heterocycles. The zero-order valence-corrected chi connectivity index (χ0v) is 11.9. The van der Waals surface area contributed by atoms with E-state index in [4.69, 9.17) is 4.42 Å². The first-order chi connectivity index (χ1) is 10.3. The predicted molar refractivity (Wildman–Crippen MR) is 78.7 cm³/mol. The molecule has 1 saturated heterocycles. The van der Waals surface area contributed by atoms with E-state index in [2.05, 4.69) is 15.2 Å². The van der Waals surface area contributed by atoms with Crippen LogP contribution < -0.4 is 5.32 Å². The van der Waals surface area contributed by atoms with Gasteiger partial charge in [0.2, 0.25) is 0 Å². The quantitative estimate of drug-likeness (QED) is 0.934. The van der Waals surface area contributed by atoms with Crippen molar-refractivity contribution in [1.82, 2.24) is 15.2 Å². The number of hydrogen-bond donors (Lipinski definition) is 1. The van der Waals surface area contributed by atoms with Gasteiger partial charge in [-0.05, 0) is 37.6 Å². The molecule has 0 spiro atoms. The van der Waals surface area contributed by atoms with E-state index in [1.54, 1.807) is 6.07 Å². The van der Waals surface area contributed by atoms with Gasteiger partial charge in [0.25, 0.3) is 5.91 Å². The number of amides is 1. The summed E-state index contributed by atoms with van der Waals surface area (Å²) in [5, 5.41) is 3.08. The average Bonchev–Trinajstić information content (AvgIpc) is 3.03. The van der Waals surface area contributed by atoms with Crippen LogP contribution in [0.4, 0.5) is 0 Å². The average molecular weight is 285 g/mol. The normalized spacial score (nSPS) is 19.3. The number of piperidine rings is 1. The van der Waals surface area contributed by atoms with Crippen LogP contribution >= 0.6 is 0 Å². The highest BCUT2D eigenvalue weighted by molar-refractivity contribution is 5.93. The number of likely N-dealkylation sites (tertiary alicyclic amines) is 1. The second-order valence-corrected chi connectivity index (χ2v) is 5.38. The summed E-state index contributed by atoms with van der Waals surface area (Å²) in [6.07, 6.45) is 6.91. The molecule has 1 unspecified atom stereocenters. The molecule has 110 valence electrons. The second kappa shape index (κ2) is 6.54. The molecule has 1 aliphatic rings. The molecule has 21 heavy (non-hydrogen) atoms. The lowest BCUT2D eigenvalue weighted by Gasteiger charge is -2.32. The molecule has 1 amide bonds. The number of nitrogens with one attached hydrogen (secondary N) is 1. The summed E-state index contributed by atoms with van der Waals surface area (Å²) in [4.78, 5) is 18.7. The lowest BCUT2D eigenvalue weighted by atomic mass is 10.0. The highest BCUT2D eigenvalue weighted by Crippen LogP contribution is 2.13. The van der Waals surface area contributed by atoms with E-state index in [-0.39, 0.29) is 11.9 Å². The molecule has 1 atom stereocenters. The standard InChI is InChI=1S/C16H19N3O2/c20-16(13-6-9-21-12-13)18-15-5-3-8-19(11-15)10-14-4-1-2-7-17-14/h1-2,4,6-7,9,12,15H,3,5,8,10-11H2,(H,18,20). The topological polar surface area (TPSA) is 58.4 Å². The number of nitrogens with zero attached hydrogens (tertiary/aromatic N) is 2. The number of furan rings is 1. The van der Waals surface area contributed by atoms with E-state index in [9.17, 15) is 4.79 Å². The van der Waals surface area contributed by atoms with Crippen molar-refractivity contribution in [2.45, 2.75) is 25.4 Å². The highest BCUT2D eigenvalue weighted by Gasteiger charge is 2.22. The molecule has 0 aliphatic carbocycles.